The molecule has 2 amide bonds. The van der Waals surface area contributed by atoms with Crippen LogP contribution in [0.5, 0.6) is 0 Å². The second kappa shape index (κ2) is 6.91. The molecule has 112 valence electrons. The average molecular weight is 305 g/mol. The Balaban J connectivity index is 2.40. The maximum absolute atomic E-state index is 12.6. The molecule has 0 aromatic heterocycles. The fourth-order valence-corrected chi connectivity index (χ4v) is 3.10. The molecule has 1 heterocycles. The summed E-state index contributed by atoms with van der Waals surface area (Å²) < 4.78 is 0. The highest BCUT2D eigenvalue weighted by atomic mass is 32.2. The molecule has 0 spiro atoms. The molecule has 0 aliphatic carbocycles. The number of aliphatic hydroxyl groups excluding tert-OH is 1. The molecular weight excluding hydrogens is 286 g/mol. The van der Waals surface area contributed by atoms with Gasteiger partial charge in [0.1, 0.15) is 0 Å². The third-order valence-electron chi connectivity index (χ3n) is 3.07. The van der Waals surface area contributed by atoms with Crippen LogP contribution < -0.4 is 0 Å². The summed E-state index contributed by atoms with van der Waals surface area (Å²) in [5.41, 5.74) is 1.21. The van der Waals surface area contributed by atoms with Crippen LogP contribution in [0.1, 0.15) is 19.4 Å². The van der Waals surface area contributed by atoms with Crippen LogP contribution in [0.4, 0.5) is 0 Å². The fraction of sp³-hybridized carbons (Fsp3) is 0.375. The van der Waals surface area contributed by atoms with Crippen LogP contribution >= 0.6 is 11.8 Å². The molecule has 0 saturated heterocycles. The molecule has 2 rings (SSSR count). The van der Waals surface area contributed by atoms with Gasteiger partial charge in [-0.2, -0.15) is 0 Å². The van der Waals surface area contributed by atoms with E-state index in [2.05, 4.69) is 0 Å². The molecule has 1 aromatic carbocycles. The first kappa shape index (κ1) is 15.8. The highest BCUT2D eigenvalue weighted by Crippen LogP contribution is 2.36. The Morgan fingerprint density at radius 3 is 2.38 bits per heavy atom. The Labute approximate surface area is 128 Å². The van der Waals surface area contributed by atoms with Crippen LogP contribution in [0, 0.1) is 5.92 Å². The van der Waals surface area contributed by atoms with Crippen molar-refractivity contribution in [1.29, 1.82) is 0 Å². The van der Waals surface area contributed by atoms with Crippen molar-refractivity contribution in [3.8, 4) is 0 Å². The largest absolute Gasteiger partial charge is 0.396 e. The highest BCUT2D eigenvalue weighted by molar-refractivity contribution is 8.04. The molecule has 0 fully saturated rings. The number of carbonyl (C=O) groups excluding carboxylic acids is 2. The maximum Gasteiger partial charge on any atom is 0.267 e. The van der Waals surface area contributed by atoms with Gasteiger partial charge in [-0.1, -0.05) is 44.2 Å². The van der Waals surface area contributed by atoms with Gasteiger partial charge in [0.05, 0.1) is 17.1 Å². The Kier molecular flexibility index (Phi) is 5.20. The van der Waals surface area contributed by atoms with Gasteiger partial charge in [-0.3, -0.25) is 14.5 Å². The number of nitrogens with zero attached hydrogens (tertiary/aromatic N) is 1. The summed E-state index contributed by atoms with van der Waals surface area (Å²) in [5.74, 6) is 0.142. The lowest BCUT2D eigenvalue weighted by Crippen LogP contribution is -2.34. The lowest BCUT2D eigenvalue weighted by molar-refractivity contribution is -0.137. The Morgan fingerprint density at radius 2 is 1.81 bits per heavy atom. The summed E-state index contributed by atoms with van der Waals surface area (Å²) in [7, 11) is 0. The van der Waals surface area contributed by atoms with Crippen molar-refractivity contribution in [2.45, 2.75) is 13.8 Å². The normalized spacial score (nSPS) is 15.5. The van der Waals surface area contributed by atoms with Crippen LogP contribution in [0.3, 0.4) is 0 Å². The number of carbonyl (C=O) groups is 2. The molecule has 1 aliphatic heterocycles. The summed E-state index contributed by atoms with van der Waals surface area (Å²) in [5, 5.41) is 8.99. The first-order valence-electron chi connectivity index (χ1n) is 6.95. The third kappa shape index (κ3) is 3.36. The zero-order valence-electron chi connectivity index (χ0n) is 12.2. The molecule has 1 aliphatic rings. The maximum atomic E-state index is 12.6. The fourth-order valence-electron chi connectivity index (χ4n) is 2.23. The first-order valence-corrected chi connectivity index (χ1v) is 7.94. The van der Waals surface area contributed by atoms with Gasteiger partial charge in [0.2, 0.25) is 0 Å². The van der Waals surface area contributed by atoms with Gasteiger partial charge in [-0.25, -0.2) is 0 Å². The molecule has 0 saturated carbocycles. The molecule has 5 heteroatoms. The van der Waals surface area contributed by atoms with E-state index in [1.165, 1.54) is 16.7 Å². The van der Waals surface area contributed by atoms with Gasteiger partial charge < -0.3 is 5.11 Å². The first-order chi connectivity index (χ1) is 10.1. The van der Waals surface area contributed by atoms with Crippen molar-refractivity contribution < 1.29 is 14.7 Å². The van der Waals surface area contributed by atoms with Crippen LogP contribution in [-0.4, -0.2) is 40.7 Å². The van der Waals surface area contributed by atoms with Crippen LogP contribution in [0.2, 0.25) is 0 Å². The minimum atomic E-state index is -0.244. The SMILES string of the molecule is CC(C)CN1C(=O)C(SCCO)=C(c2ccccc2)C1=O. The number of thioether (sulfide) groups is 1. The molecule has 1 aromatic rings. The number of imide groups is 1. The zero-order chi connectivity index (χ0) is 15.4. The topological polar surface area (TPSA) is 57.6 Å². The summed E-state index contributed by atoms with van der Waals surface area (Å²) in [6.07, 6.45) is 0. The van der Waals surface area contributed by atoms with Crippen molar-refractivity contribution in [2.75, 3.05) is 18.9 Å². The monoisotopic (exact) mass is 305 g/mol. The minimum Gasteiger partial charge on any atom is -0.396 e. The van der Waals surface area contributed by atoms with E-state index in [0.717, 1.165) is 5.56 Å². The van der Waals surface area contributed by atoms with Crippen molar-refractivity contribution >= 4 is 29.1 Å². The Bertz CT molecular complexity index is 566. The predicted molar refractivity (Wildman–Crippen MR) is 84.5 cm³/mol. The lowest BCUT2D eigenvalue weighted by Gasteiger charge is -2.17. The molecule has 0 atom stereocenters. The minimum absolute atomic E-state index is 0.0259. The zero-order valence-corrected chi connectivity index (χ0v) is 13.0. The quantitative estimate of drug-likeness (QED) is 0.818. The van der Waals surface area contributed by atoms with E-state index < -0.39 is 0 Å². The van der Waals surface area contributed by atoms with Gasteiger partial charge in [-0.15, -0.1) is 11.8 Å². The van der Waals surface area contributed by atoms with Gasteiger partial charge in [0.25, 0.3) is 11.8 Å². The summed E-state index contributed by atoms with van der Waals surface area (Å²) in [6, 6.07) is 9.23. The third-order valence-corrected chi connectivity index (χ3v) is 4.13. The van der Waals surface area contributed by atoms with E-state index in [-0.39, 0.29) is 24.3 Å². The van der Waals surface area contributed by atoms with Crippen molar-refractivity contribution in [3.05, 3.63) is 40.8 Å². The van der Waals surface area contributed by atoms with E-state index in [1.54, 1.807) is 0 Å². The lowest BCUT2D eigenvalue weighted by atomic mass is 10.1. The van der Waals surface area contributed by atoms with E-state index in [1.807, 2.05) is 44.2 Å². The van der Waals surface area contributed by atoms with E-state index in [0.29, 0.717) is 22.8 Å². The van der Waals surface area contributed by atoms with Gasteiger partial charge in [0.15, 0.2) is 0 Å². The molecule has 4 nitrogen and oxygen atoms in total. The van der Waals surface area contributed by atoms with Crippen LogP contribution in [-0.2, 0) is 9.59 Å². The van der Waals surface area contributed by atoms with Crippen molar-refractivity contribution in [2.24, 2.45) is 5.92 Å². The number of rotatable bonds is 6. The van der Waals surface area contributed by atoms with E-state index >= 15 is 0 Å². The Hall–Kier alpha value is -1.59. The number of hydrogen-bond acceptors (Lipinski definition) is 4. The van der Waals surface area contributed by atoms with E-state index in [4.69, 9.17) is 5.11 Å². The molecule has 1 N–H and O–H groups in total. The van der Waals surface area contributed by atoms with Crippen molar-refractivity contribution in [1.82, 2.24) is 4.90 Å². The molecule has 0 radical (unpaired) electrons. The molecular formula is C16H19NO3S. The Morgan fingerprint density at radius 1 is 1.14 bits per heavy atom. The standard InChI is InChI=1S/C16H19NO3S/c1-11(2)10-17-15(19)13(12-6-4-3-5-7-12)14(16(17)20)21-9-8-18/h3-7,11,18H,8-10H2,1-2H3. The van der Waals surface area contributed by atoms with E-state index in [9.17, 15) is 9.59 Å². The second-order valence-electron chi connectivity index (χ2n) is 5.26. The molecule has 0 bridgehead atoms. The average Bonchev–Trinajstić information content (AvgIpc) is 2.70. The van der Waals surface area contributed by atoms with Gasteiger partial charge >= 0.3 is 0 Å². The highest BCUT2D eigenvalue weighted by Gasteiger charge is 2.38. The summed E-state index contributed by atoms with van der Waals surface area (Å²) in [6.45, 7) is 4.34. The number of benzene rings is 1. The number of hydrogen-bond donors (Lipinski definition) is 1. The van der Waals surface area contributed by atoms with Crippen LogP contribution in [0.15, 0.2) is 35.2 Å². The van der Waals surface area contributed by atoms with Gasteiger partial charge in [-0.05, 0) is 11.5 Å². The van der Waals surface area contributed by atoms with Gasteiger partial charge in [0, 0.05) is 12.3 Å². The van der Waals surface area contributed by atoms with Crippen molar-refractivity contribution in [3.63, 3.8) is 0 Å². The van der Waals surface area contributed by atoms with Crippen LogP contribution in [0.25, 0.3) is 5.57 Å². The second-order valence-corrected chi connectivity index (χ2v) is 6.36. The summed E-state index contributed by atoms with van der Waals surface area (Å²) >= 11 is 1.25. The summed E-state index contributed by atoms with van der Waals surface area (Å²) in [4.78, 5) is 26.8. The molecule has 21 heavy (non-hydrogen) atoms. The number of aliphatic hydroxyl groups is 1. The molecule has 0 unspecified atom stereocenters. The smallest absolute Gasteiger partial charge is 0.267 e. The predicted octanol–water partition coefficient (Wildman–Crippen LogP) is 2.15. The number of amides is 2.